The second-order valence-corrected chi connectivity index (χ2v) is 8.39. The van der Waals surface area contributed by atoms with Crippen LogP contribution in [0.15, 0.2) is 34.1 Å². The highest BCUT2D eigenvalue weighted by atomic mass is 32.2. The topological polar surface area (TPSA) is 144 Å². The molecular formula is C19H20N2O7S. The number of hydrogen-bond acceptors (Lipinski definition) is 7. The van der Waals surface area contributed by atoms with E-state index in [0.717, 1.165) is 23.9 Å². The summed E-state index contributed by atoms with van der Waals surface area (Å²) in [6.45, 7) is 7.14. The fourth-order valence-electron chi connectivity index (χ4n) is 2.90. The smallest absolute Gasteiger partial charge is 0.339 e. The highest BCUT2D eigenvalue weighted by Crippen LogP contribution is 2.44. The van der Waals surface area contributed by atoms with Gasteiger partial charge in [0.1, 0.15) is 11.3 Å². The molecule has 0 spiro atoms. The van der Waals surface area contributed by atoms with Gasteiger partial charge in [-0.05, 0) is 29.5 Å². The fraction of sp³-hybridized carbons (Fsp3) is 0.316. The maximum absolute atomic E-state index is 11.8. The molecule has 0 saturated carbocycles. The van der Waals surface area contributed by atoms with Crippen molar-refractivity contribution in [3.05, 3.63) is 61.2 Å². The number of rotatable bonds is 6. The van der Waals surface area contributed by atoms with Crippen LogP contribution in [0.4, 0.5) is 11.4 Å². The first-order valence-electron chi connectivity index (χ1n) is 8.61. The minimum Gasteiger partial charge on any atom is -0.507 e. The number of carboxylic acid groups (broad SMARTS) is 1. The summed E-state index contributed by atoms with van der Waals surface area (Å²) in [4.78, 5) is 33.3. The zero-order chi connectivity index (χ0) is 22.1. The summed E-state index contributed by atoms with van der Waals surface area (Å²) in [6, 6.07) is 4.92. The van der Waals surface area contributed by atoms with E-state index in [-0.39, 0.29) is 22.6 Å². The highest BCUT2D eigenvalue weighted by Gasteiger charge is 2.29. The Morgan fingerprint density at radius 1 is 1.10 bits per heavy atom. The molecule has 29 heavy (non-hydrogen) atoms. The van der Waals surface area contributed by atoms with Crippen LogP contribution in [0.3, 0.4) is 0 Å². The third-order valence-corrected chi connectivity index (χ3v) is 5.46. The molecular weight excluding hydrogens is 400 g/mol. The predicted octanol–water partition coefficient (Wildman–Crippen LogP) is 4.92. The number of non-ortho nitro benzene ring substituents is 1. The molecule has 0 aromatic heterocycles. The minimum absolute atomic E-state index is 0.136. The molecule has 2 rings (SSSR count). The third-order valence-electron chi connectivity index (χ3n) is 4.31. The van der Waals surface area contributed by atoms with Crippen LogP contribution < -0.4 is 0 Å². The number of nitrogens with zero attached hydrogens (tertiary/aromatic N) is 2. The van der Waals surface area contributed by atoms with E-state index in [4.69, 9.17) is 0 Å². The number of hydrogen-bond donors (Lipinski definition) is 2. The Morgan fingerprint density at radius 2 is 1.72 bits per heavy atom. The van der Waals surface area contributed by atoms with Gasteiger partial charge in [-0.2, -0.15) is 0 Å². The molecule has 0 aliphatic carbocycles. The van der Waals surface area contributed by atoms with E-state index in [2.05, 4.69) is 0 Å². The Balaban J connectivity index is 2.76. The SMILES string of the molecule is CCc1c(Sc2ccc([N+](=O)[O-])cc2[N+](=O)[O-])cc(C(C)(C)C)c(O)c1C(=O)O. The average molecular weight is 420 g/mol. The Bertz CT molecular complexity index is 1010. The molecule has 2 N–H and O–H groups in total. The number of aromatic hydroxyl groups is 1. The van der Waals surface area contributed by atoms with Crippen LogP contribution in [0.2, 0.25) is 0 Å². The molecule has 0 amide bonds. The van der Waals surface area contributed by atoms with Crippen molar-refractivity contribution in [3.8, 4) is 5.75 Å². The lowest BCUT2D eigenvalue weighted by molar-refractivity contribution is -0.396. The maximum Gasteiger partial charge on any atom is 0.339 e. The van der Waals surface area contributed by atoms with Gasteiger partial charge < -0.3 is 10.2 Å². The van der Waals surface area contributed by atoms with Crippen molar-refractivity contribution in [1.82, 2.24) is 0 Å². The van der Waals surface area contributed by atoms with Crippen LogP contribution in [0.1, 0.15) is 49.2 Å². The van der Waals surface area contributed by atoms with E-state index in [0.29, 0.717) is 16.0 Å². The second-order valence-electron chi connectivity index (χ2n) is 7.30. The number of carboxylic acids is 1. The first kappa shape index (κ1) is 22.2. The number of carbonyl (C=O) groups is 1. The summed E-state index contributed by atoms with van der Waals surface area (Å²) in [5.74, 6) is -1.63. The summed E-state index contributed by atoms with van der Waals surface area (Å²) < 4.78 is 0. The van der Waals surface area contributed by atoms with Gasteiger partial charge in [0.05, 0.1) is 20.8 Å². The molecule has 0 atom stereocenters. The van der Waals surface area contributed by atoms with Crippen molar-refractivity contribution in [1.29, 1.82) is 0 Å². The van der Waals surface area contributed by atoms with Crippen LogP contribution in [0.25, 0.3) is 0 Å². The molecule has 0 fully saturated rings. The van der Waals surface area contributed by atoms with Crippen LogP contribution in [0.5, 0.6) is 5.75 Å². The molecule has 9 nitrogen and oxygen atoms in total. The van der Waals surface area contributed by atoms with Crippen molar-refractivity contribution in [3.63, 3.8) is 0 Å². The largest absolute Gasteiger partial charge is 0.507 e. The zero-order valence-corrected chi connectivity index (χ0v) is 17.1. The summed E-state index contributed by atoms with van der Waals surface area (Å²) in [7, 11) is 0. The quantitative estimate of drug-likeness (QED) is 0.495. The van der Waals surface area contributed by atoms with E-state index < -0.39 is 32.6 Å². The predicted molar refractivity (Wildman–Crippen MR) is 107 cm³/mol. The van der Waals surface area contributed by atoms with E-state index in [1.165, 1.54) is 6.07 Å². The van der Waals surface area contributed by atoms with Gasteiger partial charge in [0.25, 0.3) is 11.4 Å². The Morgan fingerprint density at radius 3 is 2.17 bits per heavy atom. The molecule has 0 heterocycles. The van der Waals surface area contributed by atoms with Crippen molar-refractivity contribution < 1.29 is 24.9 Å². The van der Waals surface area contributed by atoms with Gasteiger partial charge in [-0.15, -0.1) is 0 Å². The number of nitro groups is 2. The Kier molecular flexibility index (Phi) is 6.17. The molecule has 0 aliphatic heterocycles. The highest BCUT2D eigenvalue weighted by molar-refractivity contribution is 7.99. The Hall–Kier alpha value is -3.14. The van der Waals surface area contributed by atoms with E-state index in [9.17, 15) is 35.2 Å². The summed E-state index contributed by atoms with van der Waals surface area (Å²) in [6.07, 6.45) is 0.267. The van der Waals surface area contributed by atoms with Crippen LogP contribution in [0, 0.1) is 20.2 Å². The third kappa shape index (κ3) is 4.48. The molecule has 0 saturated heterocycles. The number of nitro benzene ring substituents is 2. The average Bonchev–Trinajstić information content (AvgIpc) is 2.60. The minimum atomic E-state index is -1.30. The van der Waals surface area contributed by atoms with Crippen LogP contribution in [-0.2, 0) is 11.8 Å². The van der Waals surface area contributed by atoms with Gasteiger partial charge in [-0.25, -0.2) is 4.79 Å². The van der Waals surface area contributed by atoms with Crippen LogP contribution >= 0.6 is 11.8 Å². The molecule has 0 radical (unpaired) electrons. The van der Waals surface area contributed by atoms with Crippen molar-refractivity contribution >= 4 is 29.1 Å². The lowest BCUT2D eigenvalue weighted by Gasteiger charge is -2.24. The van der Waals surface area contributed by atoms with Gasteiger partial charge in [0.15, 0.2) is 0 Å². The van der Waals surface area contributed by atoms with Crippen molar-refractivity contribution in [2.24, 2.45) is 0 Å². The molecule has 10 heteroatoms. The van der Waals surface area contributed by atoms with Crippen LogP contribution in [-0.4, -0.2) is 26.0 Å². The molecule has 154 valence electrons. The fourth-order valence-corrected chi connectivity index (χ4v) is 4.06. The van der Waals surface area contributed by atoms with Gasteiger partial charge in [-0.1, -0.05) is 39.5 Å². The molecule has 0 bridgehead atoms. The second kappa shape index (κ2) is 8.08. The van der Waals surface area contributed by atoms with Gasteiger partial charge in [0, 0.05) is 16.5 Å². The summed E-state index contributed by atoms with van der Waals surface area (Å²) >= 11 is 0.946. The van der Waals surface area contributed by atoms with Gasteiger partial charge in [0.2, 0.25) is 0 Å². The molecule has 0 aliphatic rings. The summed E-state index contributed by atoms with van der Waals surface area (Å²) in [5.41, 5.74) is -0.971. The standard InChI is InChI=1S/C19H20N2O7S/c1-5-11-15(9-12(19(2,3)4)17(22)16(11)18(23)24)29-14-7-6-10(20(25)26)8-13(14)21(27)28/h6-9,22H,5H2,1-4H3,(H,23,24). The maximum atomic E-state index is 11.8. The number of phenols is 1. The monoisotopic (exact) mass is 420 g/mol. The van der Waals surface area contributed by atoms with E-state index in [1.807, 2.05) is 20.8 Å². The normalized spacial score (nSPS) is 11.3. The molecule has 2 aromatic rings. The van der Waals surface area contributed by atoms with E-state index >= 15 is 0 Å². The number of benzene rings is 2. The summed E-state index contributed by atoms with van der Waals surface area (Å²) in [5, 5.41) is 42.6. The van der Waals surface area contributed by atoms with Gasteiger partial charge in [-0.3, -0.25) is 20.2 Å². The first-order chi connectivity index (χ1) is 13.4. The van der Waals surface area contributed by atoms with E-state index in [1.54, 1.807) is 13.0 Å². The van der Waals surface area contributed by atoms with Crippen molar-refractivity contribution in [2.75, 3.05) is 0 Å². The lowest BCUT2D eigenvalue weighted by atomic mass is 9.83. The molecule has 0 unspecified atom stereocenters. The Labute approximate surface area is 170 Å². The van der Waals surface area contributed by atoms with Crippen molar-refractivity contribution in [2.45, 2.75) is 49.3 Å². The first-order valence-corrected chi connectivity index (χ1v) is 9.43. The molecule has 2 aromatic carbocycles. The number of aromatic carboxylic acids is 1. The zero-order valence-electron chi connectivity index (χ0n) is 16.3. The van der Waals surface area contributed by atoms with Gasteiger partial charge >= 0.3 is 5.97 Å². The lowest BCUT2D eigenvalue weighted by Crippen LogP contribution is -2.15.